The molecule has 1 saturated heterocycles. The molecule has 3 N–H and O–H groups in total. The van der Waals surface area contributed by atoms with Crippen molar-refractivity contribution in [3.05, 3.63) is 35.0 Å². The van der Waals surface area contributed by atoms with Crippen LogP contribution >= 0.6 is 0 Å². The van der Waals surface area contributed by atoms with E-state index in [1.54, 1.807) is 11.0 Å². The van der Waals surface area contributed by atoms with E-state index in [0.717, 1.165) is 35.9 Å². The number of amides is 2. The van der Waals surface area contributed by atoms with Gasteiger partial charge >= 0.3 is 12.0 Å². The first-order valence-corrected chi connectivity index (χ1v) is 10.1. The molecule has 2 aliphatic rings. The Balaban J connectivity index is 1.67. The number of carbonyl (C=O) groups is 2. The molecule has 3 atom stereocenters. The molecule has 7 nitrogen and oxygen atoms in total. The van der Waals surface area contributed by atoms with E-state index in [-0.39, 0.29) is 18.0 Å². The summed E-state index contributed by atoms with van der Waals surface area (Å²) in [5, 5.41) is 13.9. The molecular weight excluding hydrogens is 356 g/mol. The van der Waals surface area contributed by atoms with Crippen molar-refractivity contribution >= 4 is 22.9 Å². The number of urea groups is 1. The molecule has 7 heteroatoms. The smallest absolute Gasteiger partial charge is 0.335 e. The Labute approximate surface area is 164 Å². The van der Waals surface area contributed by atoms with E-state index in [4.69, 9.17) is 0 Å². The lowest BCUT2D eigenvalue weighted by atomic mass is 9.73. The van der Waals surface area contributed by atoms with Crippen molar-refractivity contribution in [1.82, 2.24) is 20.1 Å². The van der Waals surface area contributed by atoms with Gasteiger partial charge in [0.2, 0.25) is 0 Å². The lowest BCUT2D eigenvalue weighted by molar-refractivity contribution is 0.0696. The van der Waals surface area contributed by atoms with Gasteiger partial charge in [0, 0.05) is 54.7 Å². The molecule has 2 amide bonds. The summed E-state index contributed by atoms with van der Waals surface area (Å²) in [6.45, 7) is 6.13. The zero-order valence-electron chi connectivity index (χ0n) is 16.7. The first-order valence-electron chi connectivity index (χ1n) is 10.1. The number of benzene rings is 1. The van der Waals surface area contributed by atoms with E-state index < -0.39 is 5.97 Å². The van der Waals surface area contributed by atoms with Crippen molar-refractivity contribution in [3.63, 3.8) is 0 Å². The predicted octanol–water partition coefficient (Wildman–Crippen LogP) is 2.63. The number of fused-ring (bicyclic) bond motifs is 2. The number of carboxylic acids is 1. The average Bonchev–Trinajstić information content (AvgIpc) is 3.07. The van der Waals surface area contributed by atoms with Crippen LogP contribution in [0, 0.1) is 0 Å². The monoisotopic (exact) mass is 384 g/mol. The molecule has 1 aromatic carbocycles. The highest BCUT2D eigenvalue weighted by molar-refractivity contribution is 5.97. The van der Waals surface area contributed by atoms with Crippen LogP contribution in [0.5, 0.6) is 0 Å². The fraction of sp³-hybridized carbons (Fsp3) is 0.524. The summed E-state index contributed by atoms with van der Waals surface area (Å²) >= 11 is 0. The third-order valence-corrected chi connectivity index (χ3v) is 6.42. The lowest BCUT2D eigenvalue weighted by Crippen LogP contribution is -2.56. The Bertz CT molecular complexity index is 918. The number of piperidine rings is 1. The van der Waals surface area contributed by atoms with Gasteiger partial charge in [-0.25, -0.2) is 9.59 Å². The Morgan fingerprint density at radius 3 is 2.75 bits per heavy atom. The van der Waals surface area contributed by atoms with Crippen LogP contribution in [0.1, 0.15) is 47.7 Å². The van der Waals surface area contributed by atoms with E-state index in [1.807, 2.05) is 26.1 Å². The van der Waals surface area contributed by atoms with Gasteiger partial charge in [0.15, 0.2) is 0 Å². The largest absolute Gasteiger partial charge is 0.478 e. The van der Waals surface area contributed by atoms with Gasteiger partial charge in [0.1, 0.15) is 0 Å². The Hall–Kier alpha value is -2.54. The van der Waals surface area contributed by atoms with Gasteiger partial charge in [0.25, 0.3) is 0 Å². The van der Waals surface area contributed by atoms with Gasteiger partial charge in [-0.05, 0) is 57.0 Å². The third kappa shape index (κ3) is 3.03. The summed E-state index contributed by atoms with van der Waals surface area (Å²) in [6, 6.07) is 3.89. The standard InChI is InChI=1S/C21H28N4O3/c1-4-25(5-2)21(28)23-14-9-15-16-6-12(20(26)27)7-17-19(16)13(10-22-17)8-18(15)24(3)11-14/h6-7,10,14-15,18,22H,4-5,8-9,11H2,1-3H3,(H,23,28)(H,26,27)/t14-,15?,18+/m0/s1. The average molecular weight is 384 g/mol. The number of likely N-dealkylation sites (N-methyl/N-ethyl adjacent to an activating group) is 1. The topological polar surface area (TPSA) is 88.7 Å². The third-order valence-electron chi connectivity index (χ3n) is 6.42. The molecular formula is C21H28N4O3. The Morgan fingerprint density at radius 2 is 2.07 bits per heavy atom. The van der Waals surface area contributed by atoms with Crippen LogP contribution in [0.2, 0.25) is 0 Å². The molecule has 1 aromatic heterocycles. The highest BCUT2D eigenvalue weighted by Crippen LogP contribution is 2.43. The number of hydrogen-bond acceptors (Lipinski definition) is 3. The number of nitrogens with zero attached hydrogens (tertiary/aromatic N) is 2. The predicted molar refractivity (Wildman–Crippen MR) is 108 cm³/mol. The summed E-state index contributed by atoms with van der Waals surface area (Å²) in [6.07, 6.45) is 3.78. The van der Waals surface area contributed by atoms with Crippen LogP contribution in [0.3, 0.4) is 0 Å². The molecule has 4 rings (SSSR count). The van der Waals surface area contributed by atoms with Gasteiger partial charge in [0.05, 0.1) is 5.56 Å². The minimum atomic E-state index is -0.910. The summed E-state index contributed by atoms with van der Waals surface area (Å²) < 4.78 is 0. The van der Waals surface area contributed by atoms with E-state index in [1.165, 1.54) is 5.56 Å². The SMILES string of the molecule is CCN(CC)C(=O)N[C@H]1CC2c3cc(C(=O)O)cc4[nH]cc(c34)C[C@H]2N(C)C1. The second kappa shape index (κ2) is 7.13. The molecule has 0 saturated carbocycles. The van der Waals surface area contributed by atoms with Crippen molar-refractivity contribution < 1.29 is 14.7 Å². The maximum Gasteiger partial charge on any atom is 0.335 e. The van der Waals surface area contributed by atoms with Crippen molar-refractivity contribution in [2.45, 2.75) is 44.7 Å². The number of H-pyrrole nitrogens is 1. The van der Waals surface area contributed by atoms with Crippen molar-refractivity contribution in [2.24, 2.45) is 0 Å². The number of carbonyl (C=O) groups excluding carboxylic acids is 1. The van der Waals surface area contributed by atoms with Crippen LogP contribution in [0.15, 0.2) is 18.3 Å². The zero-order chi connectivity index (χ0) is 20.0. The van der Waals surface area contributed by atoms with Crippen LogP contribution in [-0.2, 0) is 6.42 Å². The normalized spacial score (nSPS) is 24.0. The van der Waals surface area contributed by atoms with Crippen molar-refractivity contribution in [3.8, 4) is 0 Å². The van der Waals surface area contributed by atoms with E-state index in [2.05, 4.69) is 22.2 Å². The molecule has 28 heavy (non-hydrogen) atoms. The van der Waals surface area contributed by atoms with Gasteiger partial charge in [-0.2, -0.15) is 0 Å². The van der Waals surface area contributed by atoms with Crippen molar-refractivity contribution in [1.29, 1.82) is 0 Å². The van der Waals surface area contributed by atoms with Gasteiger partial charge in [-0.15, -0.1) is 0 Å². The van der Waals surface area contributed by atoms with Crippen LogP contribution in [0.4, 0.5) is 4.79 Å². The van der Waals surface area contributed by atoms with Crippen LogP contribution in [0.25, 0.3) is 10.9 Å². The second-order valence-electron chi connectivity index (χ2n) is 7.98. The van der Waals surface area contributed by atoms with Crippen LogP contribution in [-0.4, -0.2) is 70.7 Å². The highest BCUT2D eigenvalue weighted by Gasteiger charge is 2.40. The van der Waals surface area contributed by atoms with E-state index in [0.29, 0.717) is 24.7 Å². The summed E-state index contributed by atoms with van der Waals surface area (Å²) in [4.78, 5) is 31.5. The van der Waals surface area contributed by atoms with Gasteiger partial charge in [-0.1, -0.05) is 0 Å². The minimum Gasteiger partial charge on any atom is -0.478 e. The molecule has 1 aliphatic carbocycles. The number of carboxylic acid groups (broad SMARTS) is 1. The number of likely N-dealkylation sites (tertiary alicyclic amines) is 1. The molecule has 2 aromatic rings. The number of aromatic amines is 1. The molecule has 0 radical (unpaired) electrons. The number of aromatic carboxylic acids is 1. The fourth-order valence-corrected chi connectivity index (χ4v) is 5.02. The second-order valence-corrected chi connectivity index (χ2v) is 7.98. The molecule has 1 aliphatic heterocycles. The van der Waals surface area contributed by atoms with Gasteiger partial charge < -0.3 is 25.2 Å². The molecule has 1 unspecified atom stereocenters. The van der Waals surface area contributed by atoms with Gasteiger partial charge in [-0.3, -0.25) is 0 Å². The summed E-state index contributed by atoms with van der Waals surface area (Å²) in [7, 11) is 2.10. The van der Waals surface area contributed by atoms with E-state index in [9.17, 15) is 14.7 Å². The number of hydrogen-bond donors (Lipinski definition) is 3. The van der Waals surface area contributed by atoms with Crippen molar-refractivity contribution in [2.75, 3.05) is 26.7 Å². The Kier molecular flexibility index (Phi) is 4.79. The number of aromatic nitrogens is 1. The lowest BCUT2D eigenvalue weighted by Gasteiger charge is -2.46. The number of nitrogens with one attached hydrogen (secondary N) is 2. The molecule has 150 valence electrons. The molecule has 0 spiro atoms. The first-order chi connectivity index (χ1) is 13.4. The van der Waals surface area contributed by atoms with Crippen LogP contribution < -0.4 is 5.32 Å². The summed E-state index contributed by atoms with van der Waals surface area (Å²) in [5.41, 5.74) is 3.55. The minimum absolute atomic E-state index is 0.0237. The fourth-order valence-electron chi connectivity index (χ4n) is 5.02. The number of rotatable bonds is 4. The first kappa shape index (κ1) is 18.8. The maximum absolute atomic E-state index is 12.5. The quantitative estimate of drug-likeness (QED) is 0.756. The zero-order valence-corrected chi connectivity index (χ0v) is 16.7. The molecule has 0 bridgehead atoms. The maximum atomic E-state index is 12.5. The molecule has 1 fully saturated rings. The summed E-state index contributed by atoms with van der Waals surface area (Å²) in [5.74, 6) is -0.710. The molecule has 2 heterocycles. The van der Waals surface area contributed by atoms with E-state index >= 15 is 0 Å². The Morgan fingerprint density at radius 1 is 1.32 bits per heavy atom. The highest BCUT2D eigenvalue weighted by atomic mass is 16.4.